The van der Waals surface area contributed by atoms with Gasteiger partial charge in [0.05, 0.1) is 19.2 Å². The van der Waals surface area contributed by atoms with Crippen LogP contribution in [0.1, 0.15) is 27.2 Å². The first-order valence-corrected chi connectivity index (χ1v) is 4.75. The molecule has 0 saturated carbocycles. The third kappa shape index (κ3) is 8.14. The summed E-state index contributed by atoms with van der Waals surface area (Å²) in [6.45, 7) is 5.07. The van der Waals surface area contributed by atoms with Crippen molar-refractivity contribution in [1.29, 1.82) is 0 Å². The van der Waals surface area contributed by atoms with Crippen molar-refractivity contribution in [2.75, 3.05) is 6.61 Å². The van der Waals surface area contributed by atoms with Crippen molar-refractivity contribution in [2.24, 2.45) is 0 Å². The average molecular weight is 214 g/mol. The van der Waals surface area contributed by atoms with Crippen molar-refractivity contribution in [3.05, 3.63) is 0 Å². The zero-order valence-electron chi connectivity index (χ0n) is 9.32. The number of carbonyl (C=O) groups excluding carboxylic acids is 2. The molecule has 6 heteroatoms. The number of hydrogen-bond donors (Lipinski definition) is 2. The van der Waals surface area contributed by atoms with Crippen molar-refractivity contribution >= 4 is 19.6 Å². The Hall–Kier alpha value is -0.875. The van der Waals surface area contributed by atoms with Gasteiger partial charge in [-0.15, -0.1) is 0 Å². The van der Waals surface area contributed by atoms with Crippen LogP contribution in [-0.2, 0) is 14.3 Å². The molecule has 0 aromatic carbocycles. The van der Waals surface area contributed by atoms with Gasteiger partial charge in [-0.3, -0.25) is 4.79 Å². The highest BCUT2D eigenvalue weighted by Gasteiger charge is 2.19. The summed E-state index contributed by atoms with van der Waals surface area (Å²) in [6.07, 6.45) is 0.579. The lowest BCUT2D eigenvalue weighted by atomic mass is 9.96. The Morgan fingerprint density at radius 3 is 2.60 bits per heavy atom. The van der Waals surface area contributed by atoms with Crippen LogP contribution >= 0.6 is 0 Å². The summed E-state index contributed by atoms with van der Waals surface area (Å²) >= 11 is 0. The second-order valence-corrected chi connectivity index (χ2v) is 4.14. The molecule has 0 unspecified atom stereocenters. The van der Waals surface area contributed by atoms with Gasteiger partial charge in [-0.2, -0.15) is 0 Å². The number of carbonyl (C=O) groups is 2. The highest BCUT2D eigenvalue weighted by atomic mass is 16.6. The Morgan fingerprint density at radius 1 is 1.60 bits per heavy atom. The van der Waals surface area contributed by atoms with E-state index in [4.69, 9.17) is 9.84 Å². The van der Waals surface area contributed by atoms with Crippen LogP contribution in [-0.4, -0.2) is 42.9 Å². The lowest BCUT2D eigenvalue weighted by Crippen LogP contribution is -2.39. The van der Waals surface area contributed by atoms with Gasteiger partial charge in [0.2, 0.25) is 0 Å². The molecular formula is C9H17BNO4. The highest BCUT2D eigenvalue weighted by molar-refractivity contribution is 6.64. The monoisotopic (exact) mass is 214 g/mol. The minimum Gasteiger partial charge on any atom is -0.460 e. The second-order valence-electron chi connectivity index (χ2n) is 4.14. The number of nitrogens with one attached hydrogen (secondary N) is 1. The minimum atomic E-state index is -0.536. The Balaban J connectivity index is 3.95. The number of rotatable bonds is 6. The predicted octanol–water partition coefficient (Wildman–Crippen LogP) is -0.522. The molecule has 85 valence electrons. The minimum absolute atomic E-state index is 0.0259. The lowest BCUT2D eigenvalue weighted by molar-refractivity contribution is -0.155. The summed E-state index contributed by atoms with van der Waals surface area (Å²) in [4.78, 5) is 21.3. The van der Waals surface area contributed by atoms with E-state index in [1.165, 1.54) is 0 Å². The molecule has 1 radical (unpaired) electrons. The summed E-state index contributed by atoms with van der Waals surface area (Å²) in [6, 6.07) is -0.481. The molecule has 0 amide bonds. The first-order chi connectivity index (χ1) is 6.89. The summed E-state index contributed by atoms with van der Waals surface area (Å²) in [5.74, 6) is -0.409. The number of aliphatic hydroxyl groups is 1. The van der Waals surface area contributed by atoms with Crippen molar-refractivity contribution in [3.8, 4) is 0 Å². The first-order valence-electron chi connectivity index (χ1n) is 4.75. The van der Waals surface area contributed by atoms with E-state index in [1.54, 1.807) is 20.8 Å². The van der Waals surface area contributed by atoms with Gasteiger partial charge in [0.25, 0.3) is 7.41 Å². The van der Waals surface area contributed by atoms with E-state index in [0.717, 1.165) is 7.41 Å². The Bertz CT molecular complexity index is 215. The van der Waals surface area contributed by atoms with Crippen LogP contribution in [0.2, 0.25) is 0 Å². The smallest absolute Gasteiger partial charge is 0.307 e. The number of esters is 1. The van der Waals surface area contributed by atoms with Crippen molar-refractivity contribution in [1.82, 2.24) is 5.23 Å². The summed E-state index contributed by atoms with van der Waals surface area (Å²) in [5, 5.41) is 11.5. The molecule has 0 heterocycles. The maximum absolute atomic E-state index is 11.3. The second kappa shape index (κ2) is 6.58. The van der Waals surface area contributed by atoms with Gasteiger partial charge < -0.3 is 19.9 Å². The fourth-order valence-corrected chi connectivity index (χ4v) is 0.936. The molecule has 0 spiro atoms. The van der Waals surface area contributed by atoms with Gasteiger partial charge in [-0.05, 0) is 20.8 Å². The van der Waals surface area contributed by atoms with Crippen LogP contribution in [0.3, 0.4) is 0 Å². The van der Waals surface area contributed by atoms with Crippen LogP contribution in [0.25, 0.3) is 0 Å². The fraction of sp³-hybridized carbons (Fsp3) is 0.778. The van der Waals surface area contributed by atoms with E-state index >= 15 is 0 Å². The topological polar surface area (TPSA) is 75.6 Å². The fourth-order valence-electron chi connectivity index (χ4n) is 0.936. The van der Waals surface area contributed by atoms with Crippen molar-refractivity contribution < 1.29 is 19.4 Å². The van der Waals surface area contributed by atoms with Crippen LogP contribution in [0, 0.1) is 0 Å². The van der Waals surface area contributed by atoms with E-state index in [1.807, 2.05) is 0 Å². The van der Waals surface area contributed by atoms with Crippen molar-refractivity contribution in [3.63, 3.8) is 0 Å². The van der Waals surface area contributed by atoms with Gasteiger partial charge in [0, 0.05) is 6.04 Å². The average Bonchev–Trinajstić information content (AvgIpc) is 2.09. The number of ether oxygens (including phenoxy) is 1. The molecule has 1 atom stereocenters. The Morgan fingerprint density at radius 2 is 2.20 bits per heavy atom. The van der Waals surface area contributed by atoms with E-state index in [2.05, 4.69) is 5.23 Å². The van der Waals surface area contributed by atoms with E-state index in [9.17, 15) is 9.59 Å². The third-order valence-corrected chi connectivity index (χ3v) is 1.45. The molecule has 0 rings (SSSR count). The van der Waals surface area contributed by atoms with Gasteiger partial charge >= 0.3 is 5.97 Å². The molecule has 0 bridgehead atoms. The standard InChI is InChI=1S/C9H17BNO4/c1-9(2,3)15-8(14)4-7(5-12)11-10-6-13/h6-7,11-12H,4-5H2,1-3H3/t7-/m0/s1. The van der Waals surface area contributed by atoms with Crippen molar-refractivity contribution in [2.45, 2.75) is 38.8 Å². The lowest BCUT2D eigenvalue weighted by Gasteiger charge is -2.21. The zero-order chi connectivity index (χ0) is 11.9. The van der Waals surface area contributed by atoms with Crippen LogP contribution in [0.5, 0.6) is 0 Å². The molecule has 0 fully saturated rings. The first kappa shape index (κ1) is 14.1. The zero-order valence-corrected chi connectivity index (χ0v) is 9.32. The Kier molecular flexibility index (Phi) is 6.20. The molecular weight excluding hydrogens is 197 g/mol. The molecule has 5 nitrogen and oxygen atoms in total. The van der Waals surface area contributed by atoms with E-state index in [-0.39, 0.29) is 13.0 Å². The van der Waals surface area contributed by atoms with Crippen LogP contribution < -0.4 is 5.23 Å². The largest absolute Gasteiger partial charge is 0.460 e. The van der Waals surface area contributed by atoms with Gasteiger partial charge in [0.1, 0.15) is 5.60 Å². The van der Waals surface area contributed by atoms with Gasteiger partial charge in [-0.1, -0.05) is 0 Å². The number of aliphatic hydroxyl groups excluding tert-OH is 1. The highest BCUT2D eigenvalue weighted by Crippen LogP contribution is 2.08. The van der Waals surface area contributed by atoms with Gasteiger partial charge in [-0.25, -0.2) is 0 Å². The van der Waals surface area contributed by atoms with Gasteiger partial charge in [0.15, 0.2) is 0 Å². The molecule has 15 heavy (non-hydrogen) atoms. The molecule has 0 aromatic heterocycles. The molecule has 0 aromatic rings. The summed E-state index contributed by atoms with van der Waals surface area (Å²) in [7, 11) is 1.14. The normalized spacial score (nSPS) is 13.1. The SMILES string of the molecule is CC(C)(C)OC(=O)C[C@@H](CO)N[B]C=O. The summed E-state index contributed by atoms with van der Waals surface area (Å²) < 4.78 is 5.06. The molecule has 2 N–H and O–H groups in total. The Labute approximate surface area is 90.4 Å². The maximum atomic E-state index is 11.3. The molecule has 0 saturated heterocycles. The third-order valence-electron chi connectivity index (χ3n) is 1.45. The van der Waals surface area contributed by atoms with E-state index in [0.29, 0.717) is 6.19 Å². The summed E-state index contributed by atoms with van der Waals surface area (Å²) in [5.41, 5.74) is -0.536. The molecule has 0 aliphatic heterocycles. The molecule has 0 aliphatic carbocycles. The van der Waals surface area contributed by atoms with Crippen LogP contribution in [0.4, 0.5) is 0 Å². The van der Waals surface area contributed by atoms with Crippen LogP contribution in [0.15, 0.2) is 0 Å². The molecule has 0 aliphatic rings. The number of hydrogen-bond acceptors (Lipinski definition) is 5. The predicted molar refractivity (Wildman–Crippen MR) is 57.0 cm³/mol. The quantitative estimate of drug-likeness (QED) is 0.353. The maximum Gasteiger partial charge on any atom is 0.307 e. The van der Waals surface area contributed by atoms with E-state index < -0.39 is 17.6 Å².